The number of aliphatic hydroxyl groups is 1. The van der Waals surface area contributed by atoms with Crippen LogP contribution in [0, 0.1) is 5.82 Å². The summed E-state index contributed by atoms with van der Waals surface area (Å²) in [5.74, 6) is -0.761. The molecule has 1 aromatic carbocycles. The van der Waals surface area contributed by atoms with Crippen LogP contribution >= 0.6 is 0 Å². The average Bonchev–Trinajstić information content (AvgIpc) is 3.33. The van der Waals surface area contributed by atoms with E-state index in [-0.39, 0.29) is 16.4 Å². The Hall–Kier alpha value is -2.62. The Labute approximate surface area is 149 Å². The highest BCUT2D eigenvalue weighted by molar-refractivity contribution is 7.89. The summed E-state index contributed by atoms with van der Waals surface area (Å²) in [5, 5.41) is 11.0. The second kappa shape index (κ2) is 6.94. The highest BCUT2D eigenvalue weighted by Crippen LogP contribution is 2.30. The summed E-state index contributed by atoms with van der Waals surface area (Å²) in [5.41, 5.74) is -1.50. The summed E-state index contributed by atoms with van der Waals surface area (Å²) in [6.45, 7) is -0.448. The van der Waals surface area contributed by atoms with Crippen LogP contribution in [-0.2, 0) is 15.6 Å². The molecule has 9 heteroatoms. The van der Waals surface area contributed by atoms with Gasteiger partial charge in [-0.25, -0.2) is 17.5 Å². The molecular formula is C17H16FNO6S. The fourth-order valence-corrected chi connectivity index (χ4v) is 3.51. The third-order valence-electron chi connectivity index (χ3n) is 3.88. The zero-order valence-corrected chi connectivity index (χ0v) is 14.5. The first kappa shape index (κ1) is 18.2. The lowest BCUT2D eigenvalue weighted by Crippen LogP contribution is -2.41. The van der Waals surface area contributed by atoms with E-state index < -0.39 is 28.0 Å². The molecule has 0 radical (unpaired) electrons. The predicted octanol–water partition coefficient (Wildman–Crippen LogP) is 2.23. The smallest absolute Gasteiger partial charge is 0.240 e. The standard InChI is InChI=1S/C17H16FNO6S/c1-23-15-5-4-13(9-14(15)18)26(21,22)19-11-17(20,12-6-8-24-10-12)16-3-2-7-25-16/h2-10,19-20H,11H2,1H3. The van der Waals surface area contributed by atoms with Gasteiger partial charge in [-0.1, -0.05) is 0 Å². The van der Waals surface area contributed by atoms with Crippen LogP contribution in [0.4, 0.5) is 4.39 Å². The molecule has 138 valence electrons. The van der Waals surface area contributed by atoms with Gasteiger partial charge in [-0.2, -0.15) is 0 Å². The maximum atomic E-state index is 13.8. The molecule has 0 saturated carbocycles. The van der Waals surface area contributed by atoms with Crippen LogP contribution in [0.25, 0.3) is 0 Å². The van der Waals surface area contributed by atoms with Gasteiger partial charge in [0, 0.05) is 5.56 Å². The summed E-state index contributed by atoms with van der Waals surface area (Å²) in [6, 6.07) is 7.81. The number of halogens is 1. The van der Waals surface area contributed by atoms with E-state index in [1.165, 1.54) is 50.2 Å². The highest BCUT2D eigenvalue weighted by atomic mass is 32.2. The molecule has 7 nitrogen and oxygen atoms in total. The van der Waals surface area contributed by atoms with Gasteiger partial charge in [0.15, 0.2) is 17.2 Å². The molecule has 3 rings (SSSR count). The first-order valence-corrected chi connectivity index (χ1v) is 8.97. The lowest BCUT2D eigenvalue weighted by molar-refractivity contribution is 0.0613. The summed E-state index contributed by atoms with van der Waals surface area (Å²) in [7, 11) is -2.82. The molecule has 0 fully saturated rings. The van der Waals surface area contributed by atoms with Crippen molar-refractivity contribution in [1.82, 2.24) is 4.72 Å². The molecule has 1 atom stereocenters. The van der Waals surface area contributed by atoms with Gasteiger partial charge in [0.05, 0.1) is 37.3 Å². The largest absolute Gasteiger partial charge is 0.494 e. The Balaban J connectivity index is 1.88. The van der Waals surface area contributed by atoms with Crippen molar-refractivity contribution in [2.45, 2.75) is 10.5 Å². The van der Waals surface area contributed by atoms with Crippen molar-refractivity contribution in [3.63, 3.8) is 0 Å². The van der Waals surface area contributed by atoms with Crippen LogP contribution in [0.15, 0.2) is 68.9 Å². The van der Waals surface area contributed by atoms with Crippen LogP contribution in [0.5, 0.6) is 5.75 Å². The topological polar surface area (TPSA) is 102 Å². The van der Waals surface area contributed by atoms with Crippen molar-refractivity contribution in [2.75, 3.05) is 13.7 Å². The fourth-order valence-electron chi connectivity index (χ4n) is 2.44. The van der Waals surface area contributed by atoms with Crippen molar-refractivity contribution in [2.24, 2.45) is 0 Å². The van der Waals surface area contributed by atoms with Crippen molar-refractivity contribution in [3.05, 3.63) is 72.3 Å². The van der Waals surface area contributed by atoms with E-state index in [9.17, 15) is 17.9 Å². The minimum Gasteiger partial charge on any atom is -0.494 e. The molecule has 0 aliphatic heterocycles. The number of furan rings is 2. The van der Waals surface area contributed by atoms with Crippen LogP contribution in [0.2, 0.25) is 0 Å². The van der Waals surface area contributed by atoms with Gasteiger partial charge in [0.2, 0.25) is 10.0 Å². The number of benzene rings is 1. The summed E-state index contributed by atoms with van der Waals surface area (Å²) >= 11 is 0. The molecule has 0 bridgehead atoms. The monoisotopic (exact) mass is 381 g/mol. The highest BCUT2D eigenvalue weighted by Gasteiger charge is 2.37. The van der Waals surface area contributed by atoms with Gasteiger partial charge in [0.25, 0.3) is 0 Å². The number of hydrogen-bond acceptors (Lipinski definition) is 6. The Morgan fingerprint density at radius 2 is 2.08 bits per heavy atom. The molecule has 2 heterocycles. The van der Waals surface area contributed by atoms with E-state index in [0.29, 0.717) is 5.56 Å². The van der Waals surface area contributed by atoms with Crippen molar-refractivity contribution < 1.29 is 31.5 Å². The zero-order chi connectivity index (χ0) is 18.8. The fraction of sp³-hybridized carbons (Fsp3) is 0.176. The third kappa shape index (κ3) is 3.36. The maximum Gasteiger partial charge on any atom is 0.240 e. The predicted molar refractivity (Wildman–Crippen MR) is 88.6 cm³/mol. The molecule has 0 aliphatic rings. The minimum absolute atomic E-state index is 0.0746. The number of nitrogens with one attached hydrogen (secondary N) is 1. The molecule has 26 heavy (non-hydrogen) atoms. The van der Waals surface area contributed by atoms with E-state index in [1.54, 1.807) is 6.07 Å². The summed E-state index contributed by atoms with van der Waals surface area (Å²) < 4.78 is 56.0. The minimum atomic E-state index is -4.10. The maximum absolute atomic E-state index is 13.8. The molecule has 2 aromatic heterocycles. The molecule has 0 aliphatic carbocycles. The third-order valence-corrected chi connectivity index (χ3v) is 5.28. The number of methoxy groups -OCH3 is 1. The molecule has 3 aromatic rings. The van der Waals surface area contributed by atoms with E-state index in [0.717, 1.165) is 6.07 Å². The Morgan fingerprint density at radius 3 is 2.65 bits per heavy atom. The van der Waals surface area contributed by atoms with E-state index in [1.807, 2.05) is 0 Å². The van der Waals surface area contributed by atoms with Crippen molar-refractivity contribution in [1.29, 1.82) is 0 Å². The van der Waals surface area contributed by atoms with Crippen LogP contribution in [0.1, 0.15) is 11.3 Å². The number of ether oxygens (including phenoxy) is 1. The second-order valence-corrected chi connectivity index (χ2v) is 7.24. The Bertz CT molecular complexity index is 933. The SMILES string of the molecule is COc1ccc(S(=O)(=O)NCC(O)(c2ccoc2)c2ccco2)cc1F. The number of hydrogen-bond donors (Lipinski definition) is 2. The number of sulfonamides is 1. The molecule has 1 unspecified atom stereocenters. The normalized spacial score (nSPS) is 14.1. The Kier molecular flexibility index (Phi) is 4.86. The number of rotatable bonds is 7. The van der Waals surface area contributed by atoms with Gasteiger partial charge >= 0.3 is 0 Å². The van der Waals surface area contributed by atoms with Crippen molar-refractivity contribution in [3.8, 4) is 5.75 Å². The van der Waals surface area contributed by atoms with Gasteiger partial charge in [-0.15, -0.1) is 0 Å². The average molecular weight is 381 g/mol. The summed E-state index contributed by atoms with van der Waals surface area (Å²) in [6.07, 6.45) is 3.98. The second-order valence-electron chi connectivity index (χ2n) is 5.47. The van der Waals surface area contributed by atoms with Crippen LogP contribution in [0.3, 0.4) is 0 Å². The summed E-state index contributed by atoms with van der Waals surface area (Å²) in [4.78, 5) is -0.301. The van der Waals surface area contributed by atoms with Gasteiger partial charge < -0.3 is 18.7 Å². The van der Waals surface area contributed by atoms with Crippen LogP contribution in [-0.4, -0.2) is 27.2 Å². The molecule has 2 N–H and O–H groups in total. The lowest BCUT2D eigenvalue weighted by atomic mass is 9.94. The molecule has 0 saturated heterocycles. The van der Waals surface area contributed by atoms with E-state index >= 15 is 0 Å². The first-order valence-electron chi connectivity index (χ1n) is 7.49. The Morgan fingerprint density at radius 1 is 1.27 bits per heavy atom. The van der Waals surface area contributed by atoms with Gasteiger partial charge in [-0.3, -0.25) is 0 Å². The van der Waals surface area contributed by atoms with Gasteiger partial charge in [-0.05, 0) is 36.4 Å². The molecular weight excluding hydrogens is 365 g/mol. The van der Waals surface area contributed by atoms with Gasteiger partial charge in [0.1, 0.15) is 5.76 Å². The van der Waals surface area contributed by atoms with E-state index in [4.69, 9.17) is 13.6 Å². The van der Waals surface area contributed by atoms with Crippen molar-refractivity contribution >= 4 is 10.0 Å². The zero-order valence-electron chi connectivity index (χ0n) is 13.7. The quantitative estimate of drug-likeness (QED) is 0.651. The first-order chi connectivity index (χ1) is 12.4. The molecule has 0 spiro atoms. The van der Waals surface area contributed by atoms with E-state index in [2.05, 4.69) is 4.72 Å². The molecule has 0 amide bonds. The van der Waals surface area contributed by atoms with Crippen LogP contribution < -0.4 is 9.46 Å². The lowest BCUT2D eigenvalue weighted by Gasteiger charge is -2.25.